The van der Waals surface area contributed by atoms with Gasteiger partial charge in [0.2, 0.25) is 5.95 Å². The van der Waals surface area contributed by atoms with Crippen molar-refractivity contribution >= 4 is 11.8 Å². The third-order valence-corrected chi connectivity index (χ3v) is 4.51. The van der Waals surface area contributed by atoms with Crippen molar-refractivity contribution in [2.24, 2.45) is 5.92 Å². The maximum absolute atomic E-state index is 4.76. The molecule has 0 amide bonds. The fourth-order valence-corrected chi connectivity index (χ4v) is 3.43. The molecule has 110 valence electrons. The highest BCUT2D eigenvalue weighted by Gasteiger charge is 2.20. The van der Waals surface area contributed by atoms with Gasteiger partial charge in [0.1, 0.15) is 5.82 Å². The third kappa shape index (κ3) is 3.22. The van der Waals surface area contributed by atoms with E-state index in [-0.39, 0.29) is 0 Å². The van der Waals surface area contributed by atoms with Crippen LogP contribution in [0.25, 0.3) is 0 Å². The summed E-state index contributed by atoms with van der Waals surface area (Å²) in [5.41, 5.74) is 1.06. The molecule has 1 aromatic heterocycles. The summed E-state index contributed by atoms with van der Waals surface area (Å²) in [6.45, 7) is 6.65. The molecule has 20 heavy (non-hydrogen) atoms. The highest BCUT2D eigenvalue weighted by Crippen LogP contribution is 2.25. The molecule has 0 aromatic carbocycles. The molecule has 4 nitrogen and oxygen atoms in total. The average Bonchev–Trinajstić information content (AvgIpc) is 2.91. The minimum Gasteiger partial charge on any atom is -0.356 e. The number of aryl methyl sites for hydroxylation is 1. The lowest BCUT2D eigenvalue weighted by molar-refractivity contribution is 0.444. The molecule has 2 heterocycles. The Morgan fingerprint density at radius 2 is 1.95 bits per heavy atom. The fourth-order valence-electron chi connectivity index (χ4n) is 3.43. The van der Waals surface area contributed by atoms with Crippen molar-refractivity contribution in [3.05, 3.63) is 11.8 Å². The van der Waals surface area contributed by atoms with E-state index in [1.54, 1.807) is 0 Å². The predicted molar refractivity (Wildman–Crippen MR) is 83.3 cm³/mol. The van der Waals surface area contributed by atoms with E-state index in [2.05, 4.69) is 35.1 Å². The Labute approximate surface area is 122 Å². The van der Waals surface area contributed by atoms with Gasteiger partial charge in [0.05, 0.1) is 0 Å². The Kier molecular flexibility index (Phi) is 4.08. The Hall–Kier alpha value is -1.32. The summed E-state index contributed by atoms with van der Waals surface area (Å²) in [5.74, 6) is 2.69. The van der Waals surface area contributed by atoms with E-state index in [0.717, 1.165) is 36.5 Å². The van der Waals surface area contributed by atoms with Crippen LogP contribution in [-0.4, -0.2) is 29.1 Å². The van der Waals surface area contributed by atoms with Crippen molar-refractivity contribution in [1.82, 2.24) is 9.97 Å². The quantitative estimate of drug-likeness (QED) is 0.917. The van der Waals surface area contributed by atoms with Gasteiger partial charge in [0, 0.05) is 30.9 Å². The molecule has 3 rings (SSSR count). The monoisotopic (exact) mass is 274 g/mol. The first-order valence-electron chi connectivity index (χ1n) is 8.08. The van der Waals surface area contributed by atoms with Crippen molar-refractivity contribution < 1.29 is 0 Å². The number of hydrogen-bond acceptors (Lipinski definition) is 4. The Morgan fingerprint density at radius 3 is 2.70 bits per heavy atom. The molecular formula is C16H26N4. The summed E-state index contributed by atoms with van der Waals surface area (Å²) < 4.78 is 0. The van der Waals surface area contributed by atoms with Crippen LogP contribution in [0, 0.1) is 12.8 Å². The summed E-state index contributed by atoms with van der Waals surface area (Å²) in [4.78, 5) is 11.7. The topological polar surface area (TPSA) is 41.1 Å². The molecule has 2 fully saturated rings. The summed E-state index contributed by atoms with van der Waals surface area (Å²) in [6.07, 6.45) is 7.80. The van der Waals surface area contributed by atoms with Crippen LogP contribution in [0.2, 0.25) is 0 Å². The fraction of sp³-hybridized carbons (Fsp3) is 0.750. The molecule has 1 aliphatic heterocycles. The van der Waals surface area contributed by atoms with E-state index in [9.17, 15) is 0 Å². The minimum atomic E-state index is 0.574. The Balaban J connectivity index is 1.75. The summed E-state index contributed by atoms with van der Waals surface area (Å²) in [6, 6.07) is 2.70. The van der Waals surface area contributed by atoms with Crippen molar-refractivity contribution in [2.45, 2.75) is 58.4 Å². The largest absolute Gasteiger partial charge is 0.356 e. The number of hydrogen-bond donors (Lipinski definition) is 1. The zero-order valence-electron chi connectivity index (χ0n) is 12.7. The second-order valence-electron chi connectivity index (χ2n) is 6.51. The van der Waals surface area contributed by atoms with Gasteiger partial charge in [-0.2, -0.15) is 4.98 Å². The van der Waals surface area contributed by atoms with Crippen LogP contribution in [0.15, 0.2) is 6.07 Å². The van der Waals surface area contributed by atoms with E-state index < -0.39 is 0 Å². The zero-order valence-corrected chi connectivity index (χ0v) is 12.7. The summed E-state index contributed by atoms with van der Waals surface area (Å²) in [7, 11) is 0. The molecule has 1 saturated heterocycles. The van der Waals surface area contributed by atoms with Gasteiger partial charge in [-0.15, -0.1) is 0 Å². The number of rotatable bonds is 3. The second-order valence-corrected chi connectivity index (χ2v) is 6.51. The van der Waals surface area contributed by atoms with Crippen LogP contribution >= 0.6 is 0 Å². The number of aromatic nitrogens is 2. The molecule has 1 N–H and O–H groups in total. The van der Waals surface area contributed by atoms with Crippen LogP contribution in [0.5, 0.6) is 0 Å². The van der Waals surface area contributed by atoms with E-state index in [0.29, 0.717) is 6.04 Å². The van der Waals surface area contributed by atoms with Gasteiger partial charge in [0.25, 0.3) is 0 Å². The Morgan fingerprint density at radius 1 is 1.15 bits per heavy atom. The predicted octanol–water partition coefficient (Wildman–Crippen LogP) is 3.38. The van der Waals surface area contributed by atoms with Crippen molar-refractivity contribution in [3.8, 4) is 0 Å². The van der Waals surface area contributed by atoms with Crippen LogP contribution in [0.4, 0.5) is 11.8 Å². The maximum atomic E-state index is 4.76. The van der Waals surface area contributed by atoms with Crippen LogP contribution in [0.1, 0.15) is 51.1 Å². The van der Waals surface area contributed by atoms with Gasteiger partial charge in [-0.05, 0) is 38.5 Å². The maximum Gasteiger partial charge on any atom is 0.225 e. The molecular weight excluding hydrogens is 248 g/mol. The second kappa shape index (κ2) is 5.98. The van der Waals surface area contributed by atoms with Crippen LogP contribution in [-0.2, 0) is 0 Å². The van der Waals surface area contributed by atoms with Gasteiger partial charge in [-0.3, -0.25) is 0 Å². The Bertz CT molecular complexity index is 454. The van der Waals surface area contributed by atoms with E-state index in [1.165, 1.54) is 38.5 Å². The molecule has 2 aliphatic rings. The highest BCUT2D eigenvalue weighted by molar-refractivity contribution is 5.45. The third-order valence-electron chi connectivity index (χ3n) is 4.51. The standard InChI is InChI=1S/C16H26N4/c1-12-6-5-9-20(11-12)15-10-13(2)17-16(19-15)18-14-7-3-4-8-14/h10,12,14H,3-9,11H2,1-2H3,(H,17,18,19). The lowest BCUT2D eigenvalue weighted by Gasteiger charge is -2.32. The molecule has 1 aliphatic carbocycles. The first kappa shape index (κ1) is 13.7. The minimum absolute atomic E-state index is 0.574. The normalized spacial score (nSPS) is 24.1. The molecule has 0 spiro atoms. The van der Waals surface area contributed by atoms with Crippen molar-refractivity contribution in [1.29, 1.82) is 0 Å². The lowest BCUT2D eigenvalue weighted by Crippen LogP contribution is -2.35. The summed E-state index contributed by atoms with van der Waals surface area (Å²) in [5, 5.41) is 3.52. The molecule has 1 saturated carbocycles. The molecule has 1 aromatic rings. The van der Waals surface area contributed by atoms with Crippen molar-refractivity contribution in [2.75, 3.05) is 23.3 Å². The van der Waals surface area contributed by atoms with Gasteiger partial charge in [0.15, 0.2) is 0 Å². The first-order chi connectivity index (χ1) is 9.70. The van der Waals surface area contributed by atoms with Gasteiger partial charge in [-0.25, -0.2) is 4.98 Å². The molecule has 0 bridgehead atoms. The molecule has 1 unspecified atom stereocenters. The number of anilines is 2. The van der Waals surface area contributed by atoms with E-state index >= 15 is 0 Å². The molecule has 0 radical (unpaired) electrons. The van der Waals surface area contributed by atoms with Gasteiger partial charge in [-0.1, -0.05) is 19.8 Å². The van der Waals surface area contributed by atoms with Crippen molar-refractivity contribution in [3.63, 3.8) is 0 Å². The van der Waals surface area contributed by atoms with Crippen LogP contribution in [0.3, 0.4) is 0 Å². The number of nitrogens with zero attached hydrogens (tertiary/aromatic N) is 3. The average molecular weight is 274 g/mol. The van der Waals surface area contributed by atoms with E-state index in [1.807, 2.05) is 0 Å². The highest BCUT2D eigenvalue weighted by atomic mass is 15.2. The first-order valence-corrected chi connectivity index (χ1v) is 8.08. The smallest absolute Gasteiger partial charge is 0.225 e. The van der Waals surface area contributed by atoms with Gasteiger partial charge < -0.3 is 10.2 Å². The number of nitrogens with one attached hydrogen (secondary N) is 1. The van der Waals surface area contributed by atoms with Crippen LogP contribution < -0.4 is 10.2 Å². The number of piperidine rings is 1. The summed E-state index contributed by atoms with van der Waals surface area (Å²) >= 11 is 0. The SMILES string of the molecule is Cc1cc(N2CCCC(C)C2)nc(NC2CCCC2)n1. The van der Waals surface area contributed by atoms with Gasteiger partial charge >= 0.3 is 0 Å². The molecule has 4 heteroatoms. The van der Waals surface area contributed by atoms with E-state index in [4.69, 9.17) is 4.98 Å². The zero-order chi connectivity index (χ0) is 13.9. The lowest BCUT2D eigenvalue weighted by atomic mass is 10.0. The molecule has 1 atom stereocenters.